The molecule has 9 nitrogen and oxygen atoms in total. The fraction of sp³-hybridized carbons (Fsp3) is 1.00. The average Bonchev–Trinajstić information content (AvgIpc) is 2.58. The van der Waals surface area contributed by atoms with Crippen LogP contribution < -0.4 is 5.73 Å². The Hall–Kier alpha value is -1.64. The molecule has 0 aliphatic heterocycles. The molecule has 2 N–H and O–H groups in total. The van der Waals surface area contributed by atoms with Crippen LogP contribution in [0.4, 0.5) is 0 Å². The van der Waals surface area contributed by atoms with E-state index in [-0.39, 0.29) is 21.7 Å². The lowest BCUT2D eigenvalue weighted by atomic mass is 9.34. The first kappa shape index (κ1) is 20.1. The van der Waals surface area contributed by atoms with Gasteiger partial charge in [0.05, 0.1) is 0 Å². The molecule has 0 heterocycles. The summed E-state index contributed by atoms with van der Waals surface area (Å²) >= 11 is 0. The largest absolute Gasteiger partial charge is 0.330 e. The summed E-state index contributed by atoms with van der Waals surface area (Å²) in [7, 11) is 0. The van der Waals surface area contributed by atoms with E-state index in [2.05, 4.69) is 18.7 Å². The van der Waals surface area contributed by atoms with E-state index < -0.39 is 22.9 Å². The van der Waals surface area contributed by atoms with E-state index in [0.717, 1.165) is 44.9 Å². The van der Waals surface area contributed by atoms with Crippen molar-refractivity contribution in [2.45, 2.75) is 77.7 Å². The quantitative estimate of drug-likeness (QED) is 0.451. The fourth-order valence-electron chi connectivity index (χ4n) is 7.58. The first-order valence-corrected chi connectivity index (χ1v) is 9.92. The summed E-state index contributed by atoms with van der Waals surface area (Å²) in [4.78, 5) is 30.8. The molecule has 4 rings (SSSR count). The third kappa shape index (κ3) is 3.70. The second kappa shape index (κ2) is 6.76. The summed E-state index contributed by atoms with van der Waals surface area (Å²) in [5.41, 5.74) is 6.65. The molecular formula is C18H31N3O6. The molecule has 27 heavy (non-hydrogen) atoms. The van der Waals surface area contributed by atoms with Crippen LogP contribution in [0.25, 0.3) is 0 Å². The van der Waals surface area contributed by atoms with Gasteiger partial charge in [-0.15, -0.1) is 20.2 Å². The number of nitrogens with two attached hydrogens (primary N) is 1. The van der Waals surface area contributed by atoms with E-state index in [1.165, 1.54) is 6.42 Å². The van der Waals surface area contributed by atoms with Crippen LogP contribution in [-0.2, 0) is 9.68 Å². The zero-order chi connectivity index (χ0) is 19.9. The minimum atomic E-state index is -0.931. The highest BCUT2D eigenvalue weighted by molar-refractivity contribution is 5.17. The maximum absolute atomic E-state index is 10.9. The zero-order valence-electron chi connectivity index (χ0n) is 16.3. The van der Waals surface area contributed by atoms with Gasteiger partial charge in [-0.1, -0.05) is 26.7 Å². The normalized spacial score (nSPS) is 40.6. The van der Waals surface area contributed by atoms with Gasteiger partial charge in [-0.25, -0.2) is 0 Å². The first-order valence-electron chi connectivity index (χ1n) is 9.92. The van der Waals surface area contributed by atoms with Crippen molar-refractivity contribution in [3.05, 3.63) is 20.2 Å². The van der Waals surface area contributed by atoms with Crippen molar-refractivity contribution in [1.82, 2.24) is 0 Å². The number of hydrogen-bond donors (Lipinski definition) is 1. The molecule has 4 saturated carbocycles. The van der Waals surface area contributed by atoms with E-state index in [1.807, 2.05) is 0 Å². The van der Waals surface area contributed by atoms with Crippen LogP contribution >= 0.6 is 0 Å². The SMILES string of the molecule is CCC12CC3(CC)CC(CN)(C1)CC(CC(CO[N+](=O)[O-])O[N+](=O)[O-])(C2)C3. The predicted octanol–water partition coefficient (Wildman–Crippen LogP) is 3.27. The molecule has 0 amide bonds. The average molecular weight is 385 g/mol. The van der Waals surface area contributed by atoms with Crippen LogP contribution in [0.2, 0.25) is 0 Å². The molecule has 4 aliphatic rings. The van der Waals surface area contributed by atoms with Crippen LogP contribution in [0.15, 0.2) is 0 Å². The summed E-state index contributed by atoms with van der Waals surface area (Å²) < 4.78 is 0. The summed E-state index contributed by atoms with van der Waals surface area (Å²) in [5.74, 6) is 0. The summed E-state index contributed by atoms with van der Waals surface area (Å²) in [5, 5.41) is 19.7. The number of rotatable bonds is 10. The molecule has 4 fully saturated rings. The number of nitrogens with zero attached hydrogens (tertiary/aromatic N) is 2. The molecule has 0 radical (unpaired) electrons. The van der Waals surface area contributed by atoms with Crippen LogP contribution in [0.3, 0.4) is 0 Å². The maximum Gasteiger partial charge on any atom is 0.294 e. The molecule has 0 saturated heterocycles. The zero-order valence-corrected chi connectivity index (χ0v) is 16.3. The van der Waals surface area contributed by atoms with Crippen LogP contribution in [0.1, 0.15) is 71.6 Å². The fourth-order valence-corrected chi connectivity index (χ4v) is 7.58. The summed E-state index contributed by atoms with van der Waals surface area (Å²) in [6.45, 7) is 4.68. The van der Waals surface area contributed by atoms with Crippen molar-refractivity contribution in [1.29, 1.82) is 0 Å². The monoisotopic (exact) mass is 385 g/mol. The predicted molar refractivity (Wildman–Crippen MR) is 96.5 cm³/mol. The van der Waals surface area contributed by atoms with E-state index in [4.69, 9.17) is 10.6 Å². The second-order valence-corrected chi connectivity index (χ2v) is 9.65. The Morgan fingerprint density at radius 3 is 1.81 bits per heavy atom. The maximum atomic E-state index is 10.9. The summed E-state index contributed by atoms with van der Waals surface area (Å²) in [6.07, 6.45) is 8.00. The molecule has 3 unspecified atom stereocenters. The highest BCUT2D eigenvalue weighted by atomic mass is 17.0. The van der Waals surface area contributed by atoms with Gasteiger partial charge in [0.1, 0.15) is 12.7 Å². The molecule has 9 heteroatoms. The molecule has 0 aromatic rings. The van der Waals surface area contributed by atoms with Crippen molar-refractivity contribution in [3.8, 4) is 0 Å². The van der Waals surface area contributed by atoms with Gasteiger partial charge >= 0.3 is 0 Å². The standard InChI is InChI=1S/C18H31N3O6/c1-3-15-7-16(4-2)9-17(8-15,12-18(10-15,11-16)13-19)5-14(27-21(24)25)6-26-20(22)23/h14H,3-13,19H2,1-2H3. The van der Waals surface area contributed by atoms with Crippen LogP contribution in [0, 0.1) is 41.9 Å². The van der Waals surface area contributed by atoms with E-state index in [1.54, 1.807) is 0 Å². The van der Waals surface area contributed by atoms with Gasteiger partial charge in [0.15, 0.2) is 0 Å². The van der Waals surface area contributed by atoms with Gasteiger partial charge in [0.25, 0.3) is 10.2 Å². The van der Waals surface area contributed by atoms with E-state index in [9.17, 15) is 20.2 Å². The molecule has 4 aliphatic carbocycles. The van der Waals surface area contributed by atoms with E-state index in [0.29, 0.717) is 13.0 Å². The smallest absolute Gasteiger partial charge is 0.294 e. The minimum Gasteiger partial charge on any atom is -0.330 e. The molecule has 3 atom stereocenters. The lowest BCUT2D eigenvalue weighted by Gasteiger charge is -2.71. The molecule has 0 aromatic carbocycles. The third-order valence-electron chi connectivity index (χ3n) is 7.69. The van der Waals surface area contributed by atoms with Crippen molar-refractivity contribution in [2.75, 3.05) is 13.2 Å². The van der Waals surface area contributed by atoms with Gasteiger partial charge in [-0.05, 0) is 73.2 Å². The first-order chi connectivity index (χ1) is 12.6. The Bertz CT molecular complexity index is 554. The van der Waals surface area contributed by atoms with Crippen LogP contribution in [-0.4, -0.2) is 29.4 Å². The van der Waals surface area contributed by atoms with Gasteiger partial charge in [-0.2, -0.15) is 0 Å². The topological polar surface area (TPSA) is 131 Å². The second-order valence-electron chi connectivity index (χ2n) is 9.65. The van der Waals surface area contributed by atoms with Gasteiger partial charge in [-0.3, -0.25) is 0 Å². The summed E-state index contributed by atoms with van der Waals surface area (Å²) in [6, 6.07) is 0. The van der Waals surface area contributed by atoms with Gasteiger partial charge in [0, 0.05) is 0 Å². The molecule has 154 valence electrons. The highest BCUT2D eigenvalue weighted by Crippen LogP contribution is 2.76. The third-order valence-corrected chi connectivity index (χ3v) is 7.69. The molecule has 0 spiro atoms. The lowest BCUT2D eigenvalue weighted by Crippen LogP contribution is -2.63. The lowest BCUT2D eigenvalue weighted by molar-refractivity contribution is -0.790. The van der Waals surface area contributed by atoms with Gasteiger partial charge in [0.2, 0.25) is 0 Å². The molecule has 0 aromatic heterocycles. The van der Waals surface area contributed by atoms with Gasteiger partial charge < -0.3 is 15.4 Å². The highest BCUT2D eigenvalue weighted by Gasteiger charge is 2.66. The molecular weight excluding hydrogens is 354 g/mol. The van der Waals surface area contributed by atoms with E-state index >= 15 is 0 Å². The Morgan fingerprint density at radius 2 is 1.37 bits per heavy atom. The number of hydrogen-bond acceptors (Lipinski definition) is 7. The van der Waals surface area contributed by atoms with Crippen molar-refractivity contribution < 1.29 is 19.8 Å². The Labute approximate surface area is 159 Å². The molecule has 4 bridgehead atoms. The van der Waals surface area contributed by atoms with Crippen LogP contribution in [0.5, 0.6) is 0 Å². The van der Waals surface area contributed by atoms with Crippen molar-refractivity contribution >= 4 is 0 Å². The van der Waals surface area contributed by atoms with Crippen molar-refractivity contribution in [2.24, 2.45) is 27.4 Å². The Balaban J connectivity index is 1.90. The van der Waals surface area contributed by atoms with Crippen molar-refractivity contribution in [3.63, 3.8) is 0 Å². The Kier molecular flexibility index (Phi) is 5.03. The minimum absolute atomic E-state index is 0.0733. The Morgan fingerprint density at radius 1 is 0.889 bits per heavy atom.